The lowest BCUT2D eigenvalue weighted by Gasteiger charge is -2.29. The Morgan fingerprint density at radius 1 is 1.35 bits per heavy atom. The number of aryl methyl sites for hydroxylation is 1. The number of nitrogens with one attached hydrogen (secondary N) is 1. The molecular formula is C13H18N4. The van der Waals surface area contributed by atoms with E-state index in [9.17, 15) is 0 Å². The fourth-order valence-electron chi connectivity index (χ4n) is 2.50. The second kappa shape index (κ2) is 4.37. The number of pyridine rings is 1. The molecule has 0 aromatic carbocycles. The van der Waals surface area contributed by atoms with Gasteiger partial charge in [0.05, 0.1) is 17.4 Å². The number of hydrogen-bond donors (Lipinski definition) is 1. The summed E-state index contributed by atoms with van der Waals surface area (Å²) in [6.07, 6.45) is 5.07. The minimum atomic E-state index is 0.971. The van der Waals surface area contributed by atoms with Crippen LogP contribution in [-0.2, 0) is 6.42 Å². The molecule has 0 spiro atoms. The van der Waals surface area contributed by atoms with Crippen molar-refractivity contribution in [2.75, 3.05) is 31.1 Å². The first-order chi connectivity index (χ1) is 8.40. The van der Waals surface area contributed by atoms with E-state index >= 15 is 0 Å². The Morgan fingerprint density at radius 2 is 2.18 bits per heavy atom. The van der Waals surface area contributed by atoms with Gasteiger partial charge in [0.25, 0.3) is 0 Å². The number of aromatic nitrogens is 2. The highest BCUT2D eigenvalue weighted by Gasteiger charge is 2.14. The highest BCUT2D eigenvalue weighted by Crippen LogP contribution is 2.22. The lowest BCUT2D eigenvalue weighted by atomic mass is 10.2. The van der Waals surface area contributed by atoms with Gasteiger partial charge in [0.2, 0.25) is 0 Å². The first kappa shape index (κ1) is 10.6. The number of nitrogens with zero attached hydrogens (tertiary/aromatic N) is 3. The lowest BCUT2D eigenvalue weighted by Crippen LogP contribution is -2.43. The van der Waals surface area contributed by atoms with Crippen LogP contribution in [0.15, 0.2) is 24.5 Å². The zero-order valence-electron chi connectivity index (χ0n) is 10.2. The molecule has 0 amide bonds. The normalized spacial score (nSPS) is 16.6. The van der Waals surface area contributed by atoms with E-state index in [4.69, 9.17) is 0 Å². The van der Waals surface area contributed by atoms with Crippen molar-refractivity contribution in [2.45, 2.75) is 13.3 Å². The molecule has 0 unspecified atom stereocenters. The third kappa shape index (κ3) is 1.78. The molecule has 2 aromatic rings. The highest BCUT2D eigenvalue weighted by atomic mass is 15.2. The lowest BCUT2D eigenvalue weighted by molar-refractivity contribution is 0.590. The van der Waals surface area contributed by atoms with Crippen molar-refractivity contribution >= 4 is 11.2 Å². The van der Waals surface area contributed by atoms with E-state index in [0.29, 0.717) is 0 Å². The molecule has 0 radical (unpaired) electrons. The van der Waals surface area contributed by atoms with Crippen molar-refractivity contribution < 1.29 is 0 Å². The second-order valence-corrected chi connectivity index (χ2v) is 4.41. The van der Waals surface area contributed by atoms with E-state index in [0.717, 1.165) is 38.4 Å². The first-order valence-corrected chi connectivity index (χ1v) is 6.31. The Balaban J connectivity index is 2.06. The van der Waals surface area contributed by atoms with Gasteiger partial charge >= 0.3 is 0 Å². The van der Waals surface area contributed by atoms with Crippen molar-refractivity contribution in [1.29, 1.82) is 0 Å². The number of imidazole rings is 1. The third-order valence-corrected chi connectivity index (χ3v) is 3.40. The summed E-state index contributed by atoms with van der Waals surface area (Å²) in [6, 6.07) is 4.31. The monoisotopic (exact) mass is 230 g/mol. The van der Waals surface area contributed by atoms with E-state index in [1.807, 2.05) is 6.20 Å². The van der Waals surface area contributed by atoms with Crippen LogP contribution in [-0.4, -0.2) is 35.6 Å². The van der Waals surface area contributed by atoms with Gasteiger partial charge in [0.15, 0.2) is 0 Å². The molecule has 1 fully saturated rings. The average Bonchev–Trinajstić information content (AvgIpc) is 2.82. The molecule has 1 aliphatic heterocycles. The van der Waals surface area contributed by atoms with Crippen LogP contribution in [0.25, 0.3) is 5.52 Å². The topological polar surface area (TPSA) is 32.6 Å². The van der Waals surface area contributed by atoms with Gasteiger partial charge in [-0.3, -0.25) is 0 Å². The van der Waals surface area contributed by atoms with Gasteiger partial charge in [-0.25, -0.2) is 4.98 Å². The van der Waals surface area contributed by atoms with Gasteiger partial charge in [-0.15, -0.1) is 0 Å². The Bertz CT molecular complexity index is 511. The van der Waals surface area contributed by atoms with Gasteiger partial charge in [-0.05, 0) is 12.1 Å². The van der Waals surface area contributed by atoms with Crippen molar-refractivity contribution in [2.24, 2.45) is 0 Å². The summed E-state index contributed by atoms with van der Waals surface area (Å²) in [5, 5.41) is 3.38. The van der Waals surface area contributed by atoms with Gasteiger partial charge < -0.3 is 14.6 Å². The van der Waals surface area contributed by atoms with Gasteiger partial charge in [-0.1, -0.05) is 6.92 Å². The van der Waals surface area contributed by atoms with Crippen LogP contribution >= 0.6 is 0 Å². The van der Waals surface area contributed by atoms with E-state index in [1.54, 1.807) is 0 Å². The minimum absolute atomic E-state index is 0.971. The SMILES string of the molecule is CCc1ncc2c(N3CCNCC3)cccn12. The molecule has 3 rings (SSSR count). The predicted octanol–water partition coefficient (Wildman–Crippen LogP) is 1.31. The molecule has 1 saturated heterocycles. The number of piperazine rings is 1. The Hall–Kier alpha value is -1.55. The quantitative estimate of drug-likeness (QED) is 0.844. The summed E-state index contributed by atoms with van der Waals surface area (Å²) in [6.45, 7) is 6.43. The number of hydrogen-bond acceptors (Lipinski definition) is 3. The molecule has 1 aliphatic rings. The van der Waals surface area contributed by atoms with Crippen LogP contribution in [0.2, 0.25) is 0 Å². The highest BCUT2D eigenvalue weighted by molar-refractivity contribution is 5.73. The molecule has 17 heavy (non-hydrogen) atoms. The van der Waals surface area contributed by atoms with Crippen molar-refractivity contribution in [3.63, 3.8) is 0 Å². The van der Waals surface area contributed by atoms with Gasteiger partial charge in [-0.2, -0.15) is 0 Å². The molecule has 3 heterocycles. The molecule has 0 bridgehead atoms. The minimum Gasteiger partial charge on any atom is -0.367 e. The molecular weight excluding hydrogens is 212 g/mol. The molecule has 0 atom stereocenters. The van der Waals surface area contributed by atoms with E-state index in [1.165, 1.54) is 11.2 Å². The molecule has 90 valence electrons. The summed E-state index contributed by atoms with van der Waals surface area (Å²) in [7, 11) is 0. The molecule has 0 aliphatic carbocycles. The molecule has 4 heteroatoms. The molecule has 4 nitrogen and oxygen atoms in total. The van der Waals surface area contributed by atoms with Crippen LogP contribution < -0.4 is 10.2 Å². The zero-order chi connectivity index (χ0) is 11.7. The van der Waals surface area contributed by atoms with Crippen molar-refractivity contribution in [1.82, 2.24) is 14.7 Å². The third-order valence-electron chi connectivity index (χ3n) is 3.40. The molecule has 0 saturated carbocycles. The standard InChI is InChI=1S/C13H18N4/c1-2-13-15-10-12-11(4-3-7-17(12)13)16-8-5-14-6-9-16/h3-4,7,10,14H,2,5-6,8-9H2,1H3. The van der Waals surface area contributed by atoms with Crippen LogP contribution in [0.4, 0.5) is 5.69 Å². The Morgan fingerprint density at radius 3 is 2.94 bits per heavy atom. The summed E-state index contributed by atoms with van der Waals surface area (Å²) >= 11 is 0. The van der Waals surface area contributed by atoms with E-state index in [-0.39, 0.29) is 0 Å². The number of fused-ring (bicyclic) bond motifs is 1. The van der Waals surface area contributed by atoms with Gasteiger partial charge in [0.1, 0.15) is 5.82 Å². The molecule has 1 N–H and O–H groups in total. The van der Waals surface area contributed by atoms with Crippen LogP contribution in [0, 0.1) is 0 Å². The summed E-state index contributed by atoms with van der Waals surface area (Å²) in [4.78, 5) is 6.93. The predicted molar refractivity (Wildman–Crippen MR) is 69.7 cm³/mol. The first-order valence-electron chi connectivity index (χ1n) is 6.31. The largest absolute Gasteiger partial charge is 0.367 e. The summed E-state index contributed by atoms with van der Waals surface area (Å²) in [5.41, 5.74) is 2.53. The maximum atomic E-state index is 4.49. The fourth-order valence-corrected chi connectivity index (χ4v) is 2.50. The summed E-state index contributed by atoms with van der Waals surface area (Å²) < 4.78 is 2.21. The van der Waals surface area contributed by atoms with Crippen LogP contribution in [0.1, 0.15) is 12.7 Å². The maximum absolute atomic E-state index is 4.49. The smallest absolute Gasteiger partial charge is 0.112 e. The van der Waals surface area contributed by atoms with Crippen molar-refractivity contribution in [3.05, 3.63) is 30.4 Å². The van der Waals surface area contributed by atoms with Crippen LogP contribution in [0.3, 0.4) is 0 Å². The van der Waals surface area contributed by atoms with Gasteiger partial charge in [0, 0.05) is 38.8 Å². The maximum Gasteiger partial charge on any atom is 0.112 e. The van der Waals surface area contributed by atoms with Crippen LogP contribution in [0.5, 0.6) is 0 Å². The van der Waals surface area contributed by atoms with E-state index < -0.39 is 0 Å². The number of rotatable bonds is 2. The number of anilines is 1. The van der Waals surface area contributed by atoms with Crippen molar-refractivity contribution in [3.8, 4) is 0 Å². The second-order valence-electron chi connectivity index (χ2n) is 4.41. The van der Waals surface area contributed by atoms with E-state index in [2.05, 4.69) is 44.9 Å². The zero-order valence-corrected chi connectivity index (χ0v) is 10.2. The average molecular weight is 230 g/mol. The molecule has 2 aromatic heterocycles. The summed E-state index contributed by atoms with van der Waals surface area (Å²) in [5.74, 6) is 1.14. The fraction of sp³-hybridized carbons (Fsp3) is 0.462. The Labute approximate surface area is 101 Å². The Kier molecular flexibility index (Phi) is 2.73.